The molecule has 3 fully saturated rings. The summed E-state index contributed by atoms with van der Waals surface area (Å²) in [7, 11) is 1.53. The molecule has 4 bridgehead atoms. The number of carbonyl (C=O) groups excluding carboxylic acids is 1. The number of rotatable bonds is 4. The molecule has 2 saturated carbocycles. The van der Waals surface area contributed by atoms with E-state index in [2.05, 4.69) is 32.2 Å². The third-order valence-electron chi connectivity index (χ3n) is 8.97. The molecule has 3 nitrogen and oxygen atoms in total. The fourth-order valence-electron chi connectivity index (χ4n) is 7.61. The summed E-state index contributed by atoms with van der Waals surface area (Å²) in [6.45, 7) is 8.55. The maximum Gasteiger partial charge on any atom is 0.305 e. The van der Waals surface area contributed by atoms with Crippen molar-refractivity contribution in [3.8, 4) is 0 Å². The van der Waals surface area contributed by atoms with Crippen LogP contribution in [-0.2, 0) is 9.53 Å². The molecule has 0 radical (unpaired) electrons. The van der Waals surface area contributed by atoms with Crippen molar-refractivity contribution in [1.82, 2.24) is 5.32 Å². The molecule has 0 unspecified atom stereocenters. The van der Waals surface area contributed by atoms with Crippen molar-refractivity contribution in [2.24, 2.45) is 34.5 Å². The lowest BCUT2D eigenvalue weighted by Crippen LogP contribution is -2.69. The first-order chi connectivity index (χ1) is 12.4. The lowest BCUT2D eigenvalue weighted by Gasteiger charge is -2.66. The predicted molar refractivity (Wildman–Crippen MR) is 105 cm³/mol. The van der Waals surface area contributed by atoms with Gasteiger partial charge < -0.3 is 10.1 Å². The summed E-state index contributed by atoms with van der Waals surface area (Å²) < 4.78 is 5.07. The van der Waals surface area contributed by atoms with Crippen molar-refractivity contribution < 1.29 is 9.53 Å². The van der Waals surface area contributed by atoms with Gasteiger partial charge in [0.1, 0.15) is 0 Å². The number of hydrogen-bond acceptors (Lipinski definition) is 3. The molecule has 26 heavy (non-hydrogen) atoms. The van der Waals surface area contributed by atoms with E-state index < -0.39 is 0 Å². The number of fused-ring (bicyclic) bond motifs is 1. The second-order valence-corrected chi connectivity index (χ2v) is 10.0. The van der Waals surface area contributed by atoms with Crippen LogP contribution < -0.4 is 5.32 Å². The van der Waals surface area contributed by atoms with E-state index in [4.69, 9.17) is 4.74 Å². The third-order valence-corrected chi connectivity index (χ3v) is 8.97. The summed E-state index contributed by atoms with van der Waals surface area (Å²) in [4.78, 5) is 12.2. The standard InChI is InChI=1S/C23H37NO2/c1-15(2)18-10-12-22(3)17-9-8-16-6-5-7-19(16)23(22,21(18)24-14-17)13-11-20(25)26-4/h7,15-18,21,24H,5-6,8-14H2,1-4H3/t16-,17-,18-,21-,22+,23-/m1/s1. The van der Waals surface area contributed by atoms with Gasteiger partial charge in [0.2, 0.25) is 0 Å². The lowest BCUT2D eigenvalue weighted by molar-refractivity contribution is -0.146. The summed E-state index contributed by atoms with van der Waals surface area (Å²) >= 11 is 0. The van der Waals surface area contributed by atoms with Crippen LogP contribution in [0.3, 0.4) is 0 Å². The van der Waals surface area contributed by atoms with Crippen LogP contribution in [0.2, 0.25) is 0 Å². The zero-order chi connectivity index (χ0) is 18.5. The van der Waals surface area contributed by atoms with Crippen LogP contribution in [0, 0.1) is 34.5 Å². The zero-order valence-corrected chi connectivity index (χ0v) is 17.1. The van der Waals surface area contributed by atoms with E-state index in [0.717, 1.165) is 18.3 Å². The Labute approximate surface area is 159 Å². The summed E-state index contributed by atoms with van der Waals surface area (Å²) in [6.07, 6.45) is 12.0. The second kappa shape index (κ2) is 6.65. The van der Waals surface area contributed by atoms with Crippen LogP contribution in [-0.4, -0.2) is 25.7 Å². The fourth-order valence-corrected chi connectivity index (χ4v) is 7.61. The molecule has 0 aromatic rings. The van der Waals surface area contributed by atoms with Gasteiger partial charge in [0.15, 0.2) is 0 Å². The average molecular weight is 360 g/mol. The Bertz CT molecular complexity index is 597. The highest BCUT2D eigenvalue weighted by Gasteiger charge is 2.66. The number of piperidine rings is 1. The summed E-state index contributed by atoms with van der Waals surface area (Å²) in [5, 5.41) is 4.05. The number of carbonyl (C=O) groups is 1. The maximum atomic E-state index is 12.2. The highest BCUT2D eigenvalue weighted by atomic mass is 16.5. The molecule has 1 N–H and O–H groups in total. The van der Waals surface area contributed by atoms with E-state index in [1.54, 1.807) is 5.57 Å². The van der Waals surface area contributed by atoms with Crippen molar-refractivity contribution in [2.75, 3.05) is 13.7 Å². The van der Waals surface area contributed by atoms with Gasteiger partial charge in [0.05, 0.1) is 7.11 Å². The van der Waals surface area contributed by atoms with Gasteiger partial charge in [0.25, 0.3) is 0 Å². The van der Waals surface area contributed by atoms with Crippen LogP contribution in [0.4, 0.5) is 0 Å². The van der Waals surface area contributed by atoms with Crippen LogP contribution in [0.15, 0.2) is 11.6 Å². The van der Waals surface area contributed by atoms with Gasteiger partial charge in [-0.15, -0.1) is 0 Å². The molecule has 1 saturated heterocycles. The minimum Gasteiger partial charge on any atom is -0.469 e. The highest BCUT2D eigenvalue weighted by molar-refractivity contribution is 5.69. The van der Waals surface area contributed by atoms with Crippen molar-refractivity contribution in [3.63, 3.8) is 0 Å². The van der Waals surface area contributed by atoms with Gasteiger partial charge in [-0.05, 0) is 80.6 Å². The first kappa shape index (κ1) is 18.5. The molecule has 0 spiro atoms. The quantitative estimate of drug-likeness (QED) is 0.583. The maximum absolute atomic E-state index is 12.2. The Hall–Kier alpha value is -0.830. The largest absolute Gasteiger partial charge is 0.469 e. The molecule has 0 aromatic heterocycles. The number of allylic oxidation sites excluding steroid dienone is 1. The molecule has 146 valence electrons. The fraction of sp³-hybridized carbons (Fsp3) is 0.870. The molecule has 0 amide bonds. The molecule has 3 heteroatoms. The molecule has 3 aliphatic carbocycles. The molecule has 6 atom stereocenters. The smallest absolute Gasteiger partial charge is 0.305 e. The topological polar surface area (TPSA) is 38.3 Å². The van der Waals surface area contributed by atoms with Crippen LogP contribution >= 0.6 is 0 Å². The summed E-state index contributed by atoms with van der Waals surface area (Å²) in [5.74, 6) is 2.86. The Morgan fingerprint density at radius 2 is 2.12 bits per heavy atom. The normalized spacial score (nSPS) is 44.3. The van der Waals surface area contributed by atoms with Crippen LogP contribution in [0.25, 0.3) is 0 Å². The van der Waals surface area contributed by atoms with E-state index >= 15 is 0 Å². The number of methoxy groups -OCH3 is 1. The van der Waals surface area contributed by atoms with E-state index in [1.165, 1.54) is 52.2 Å². The molecule has 4 rings (SSSR count). The van der Waals surface area contributed by atoms with E-state index in [9.17, 15) is 4.79 Å². The molecule has 1 heterocycles. The van der Waals surface area contributed by atoms with E-state index in [0.29, 0.717) is 29.7 Å². The number of esters is 1. The average Bonchev–Trinajstić information content (AvgIpc) is 3.06. The van der Waals surface area contributed by atoms with Gasteiger partial charge in [-0.2, -0.15) is 0 Å². The van der Waals surface area contributed by atoms with E-state index in [1.807, 2.05) is 0 Å². The van der Waals surface area contributed by atoms with E-state index in [-0.39, 0.29) is 11.4 Å². The van der Waals surface area contributed by atoms with Gasteiger partial charge in [-0.1, -0.05) is 32.4 Å². The minimum absolute atomic E-state index is 0.0383. The minimum atomic E-state index is -0.0383. The van der Waals surface area contributed by atoms with Gasteiger partial charge in [-0.25, -0.2) is 0 Å². The van der Waals surface area contributed by atoms with Gasteiger partial charge in [0, 0.05) is 17.9 Å². The Morgan fingerprint density at radius 3 is 2.85 bits per heavy atom. The van der Waals surface area contributed by atoms with Crippen molar-refractivity contribution in [1.29, 1.82) is 0 Å². The molecule has 4 aliphatic rings. The summed E-state index contributed by atoms with van der Waals surface area (Å²) in [6, 6.07) is 0.520. The van der Waals surface area contributed by atoms with Crippen molar-refractivity contribution in [3.05, 3.63) is 11.6 Å². The van der Waals surface area contributed by atoms with Crippen LogP contribution in [0.5, 0.6) is 0 Å². The third kappa shape index (κ3) is 2.45. The number of hydrogen-bond donors (Lipinski definition) is 1. The predicted octanol–water partition coefficient (Wildman–Crippen LogP) is 4.72. The molecular formula is C23H37NO2. The first-order valence-corrected chi connectivity index (χ1v) is 10.9. The van der Waals surface area contributed by atoms with Gasteiger partial charge >= 0.3 is 5.97 Å². The summed E-state index contributed by atoms with van der Waals surface area (Å²) in [5.41, 5.74) is 2.20. The van der Waals surface area contributed by atoms with Crippen molar-refractivity contribution in [2.45, 2.75) is 78.2 Å². The highest BCUT2D eigenvalue weighted by Crippen LogP contribution is 2.69. The number of ether oxygens (including phenoxy) is 1. The lowest BCUT2D eigenvalue weighted by atomic mass is 9.42. The van der Waals surface area contributed by atoms with Gasteiger partial charge in [-0.3, -0.25) is 4.79 Å². The monoisotopic (exact) mass is 359 g/mol. The zero-order valence-electron chi connectivity index (χ0n) is 17.1. The van der Waals surface area contributed by atoms with Crippen LogP contribution in [0.1, 0.15) is 72.1 Å². The second-order valence-electron chi connectivity index (χ2n) is 10.0. The number of nitrogens with one attached hydrogen (secondary N) is 1. The molecule has 0 aromatic carbocycles. The Kier molecular flexibility index (Phi) is 4.74. The Balaban J connectivity index is 1.84. The first-order valence-electron chi connectivity index (χ1n) is 10.9. The SMILES string of the molecule is COC(=O)CC[C@@]12C3=CCC[C@@H]3CC[C@@H]3CN[C@@H]1[C@@H](C(C)C)CC[C@@]32C. The molecular weight excluding hydrogens is 322 g/mol. The molecule has 1 aliphatic heterocycles. The Morgan fingerprint density at radius 1 is 1.31 bits per heavy atom. The van der Waals surface area contributed by atoms with Crippen molar-refractivity contribution >= 4 is 5.97 Å².